The molecule has 1 N–H and O–H groups in total. The molecule has 1 aromatic heterocycles. The van der Waals surface area contributed by atoms with Crippen molar-refractivity contribution in [2.45, 2.75) is 0 Å². The summed E-state index contributed by atoms with van der Waals surface area (Å²) in [6.45, 7) is 0. The molecule has 0 aliphatic rings. The second-order valence-electron chi connectivity index (χ2n) is 4.27. The van der Waals surface area contributed by atoms with Crippen molar-refractivity contribution in [3.8, 4) is 11.6 Å². The summed E-state index contributed by atoms with van der Waals surface area (Å²) in [6.07, 6.45) is 1.51. The van der Waals surface area contributed by atoms with Crippen LogP contribution in [0.1, 0.15) is 0 Å². The fraction of sp³-hybridized carbons (Fsp3) is 0.143. The largest absolute Gasteiger partial charge is 0.439 e. The Morgan fingerprint density at radius 2 is 2.10 bits per heavy atom. The lowest BCUT2D eigenvalue weighted by atomic mass is 10.3. The van der Waals surface area contributed by atoms with Crippen LogP contribution in [0.3, 0.4) is 0 Å². The van der Waals surface area contributed by atoms with E-state index in [9.17, 15) is 4.79 Å². The van der Waals surface area contributed by atoms with Gasteiger partial charge in [0.2, 0.25) is 5.88 Å². The molecule has 5 nitrogen and oxygen atoms in total. The van der Waals surface area contributed by atoms with Crippen LogP contribution >= 0.6 is 11.6 Å². The minimum atomic E-state index is -0.202. The third kappa shape index (κ3) is 3.86. The summed E-state index contributed by atoms with van der Waals surface area (Å²) in [6, 6.07) is 10.2. The van der Waals surface area contributed by atoms with Gasteiger partial charge in [-0.25, -0.2) is 9.78 Å². The molecule has 0 fully saturated rings. The highest BCUT2D eigenvalue weighted by atomic mass is 35.5. The van der Waals surface area contributed by atoms with E-state index in [0.717, 1.165) is 0 Å². The minimum absolute atomic E-state index is 0.202. The zero-order chi connectivity index (χ0) is 14.5. The third-order valence-electron chi connectivity index (χ3n) is 2.41. The second-order valence-corrected chi connectivity index (χ2v) is 4.71. The third-order valence-corrected chi connectivity index (χ3v) is 2.64. The number of aromatic nitrogens is 1. The molecule has 0 unspecified atom stereocenters. The van der Waals surface area contributed by atoms with E-state index >= 15 is 0 Å². The van der Waals surface area contributed by atoms with Crippen molar-refractivity contribution in [3.63, 3.8) is 0 Å². The highest BCUT2D eigenvalue weighted by Gasteiger charge is 2.05. The Morgan fingerprint density at radius 1 is 1.30 bits per heavy atom. The first-order valence-electron chi connectivity index (χ1n) is 5.92. The number of carbonyl (C=O) groups is 1. The summed E-state index contributed by atoms with van der Waals surface area (Å²) in [4.78, 5) is 17.1. The normalized spacial score (nSPS) is 9.95. The Morgan fingerprint density at radius 3 is 2.75 bits per heavy atom. The first-order chi connectivity index (χ1) is 9.54. The maximum atomic E-state index is 11.6. The molecule has 1 aromatic carbocycles. The van der Waals surface area contributed by atoms with Crippen molar-refractivity contribution in [1.29, 1.82) is 0 Å². The summed E-state index contributed by atoms with van der Waals surface area (Å²) in [5.41, 5.74) is 0.648. The molecular formula is C14H14ClN3O2. The van der Waals surface area contributed by atoms with Crippen LogP contribution in [0.4, 0.5) is 10.5 Å². The first-order valence-corrected chi connectivity index (χ1v) is 6.30. The zero-order valence-electron chi connectivity index (χ0n) is 11.1. The molecule has 104 valence electrons. The van der Waals surface area contributed by atoms with Gasteiger partial charge in [0.1, 0.15) is 5.75 Å². The number of amides is 2. The van der Waals surface area contributed by atoms with Crippen molar-refractivity contribution >= 4 is 23.3 Å². The van der Waals surface area contributed by atoms with E-state index in [1.165, 1.54) is 11.1 Å². The molecule has 0 spiro atoms. The van der Waals surface area contributed by atoms with Crippen LogP contribution in [0, 0.1) is 0 Å². The van der Waals surface area contributed by atoms with Gasteiger partial charge in [-0.2, -0.15) is 0 Å². The van der Waals surface area contributed by atoms with Crippen LogP contribution in [0.5, 0.6) is 11.6 Å². The molecule has 2 rings (SSSR count). The topological polar surface area (TPSA) is 54.5 Å². The molecule has 1 heterocycles. The fourth-order valence-electron chi connectivity index (χ4n) is 1.42. The molecule has 6 heteroatoms. The summed E-state index contributed by atoms with van der Waals surface area (Å²) in [7, 11) is 3.35. The second kappa shape index (κ2) is 6.25. The fourth-order valence-corrected chi connectivity index (χ4v) is 1.53. The summed E-state index contributed by atoms with van der Waals surface area (Å²) in [5.74, 6) is 1.02. The van der Waals surface area contributed by atoms with Gasteiger partial charge in [0.25, 0.3) is 0 Å². The predicted octanol–water partition coefficient (Wildman–Crippen LogP) is 3.62. The van der Waals surface area contributed by atoms with Gasteiger partial charge in [-0.1, -0.05) is 17.7 Å². The van der Waals surface area contributed by atoms with Crippen LogP contribution < -0.4 is 10.1 Å². The lowest BCUT2D eigenvalue weighted by Gasteiger charge is -2.12. The van der Waals surface area contributed by atoms with Gasteiger partial charge in [0.05, 0.1) is 5.02 Å². The molecule has 20 heavy (non-hydrogen) atoms. The minimum Gasteiger partial charge on any atom is -0.439 e. The standard InChI is InChI=1S/C14H14ClN3O2/c1-18(2)14(19)17-11-4-3-5-12(8-11)20-13-7-6-10(15)9-16-13/h3-9H,1-2H3,(H,17,19). The number of nitrogens with zero attached hydrogens (tertiary/aromatic N) is 2. The highest BCUT2D eigenvalue weighted by molar-refractivity contribution is 6.30. The molecule has 2 amide bonds. The Bertz CT molecular complexity index is 600. The molecule has 0 saturated heterocycles. The van der Waals surface area contributed by atoms with Crippen LogP contribution in [-0.2, 0) is 0 Å². The van der Waals surface area contributed by atoms with E-state index < -0.39 is 0 Å². The van der Waals surface area contributed by atoms with E-state index in [2.05, 4.69) is 10.3 Å². The van der Waals surface area contributed by atoms with Crippen LogP contribution in [0.25, 0.3) is 0 Å². The van der Waals surface area contributed by atoms with Crippen molar-refractivity contribution in [2.75, 3.05) is 19.4 Å². The quantitative estimate of drug-likeness (QED) is 0.939. The maximum Gasteiger partial charge on any atom is 0.321 e. The van der Waals surface area contributed by atoms with Crippen LogP contribution in [0.2, 0.25) is 5.02 Å². The van der Waals surface area contributed by atoms with Gasteiger partial charge in [0, 0.05) is 38.1 Å². The van der Waals surface area contributed by atoms with E-state index in [4.69, 9.17) is 16.3 Å². The lowest BCUT2D eigenvalue weighted by molar-refractivity contribution is 0.230. The summed E-state index contributed by atoms with van der Waals surface area (Å²) >= 11 is 5.76. The smallest absolute Gasteiger partial charge is 0.321 e. The van der Waals surface area contributed by atoms with Gasteiger partial charge in [-0.05, 0) is 18.2 Å². The van der Waals surface area contributed by atoms with E-state index in [-0.39, 0.29) is 6.03 Å². The van der Waals surface area contributed by atoms with Crippen molar-refractivity contribution in [1.82, 2.24) is 9.88 Å². The van der Waals surface area contributed by atoms with Gasteiger partial charge in [-0.3, -0.25) is 0 Å². The van der Waals surface area contributed by atoms with Gasteiger partial charge in [-0.15, -0.1) is 0 Å². The Kier molecular flexibility index (Phi) is 4.42. The number of hydrogen-bond acceptors (Lipinski definition) is 3. The number of carbonyl (C=O) groups excluding carboxylic acids is 1. The first kappa shape index (κ1) is 14.1. The summed E-state index contributed by atoms with van der Waals surface area (Å²) < 4.78 is 5.58. The van der Waals surface area contributed by atoms with Gasteiger partial charge < -0.3 is 15.0 Å². The van der Waals surface area contributed by atoms with E-state index in [0.29, 0.717) is 22.3 Å². The van der Waals surface area contributed by atoms with Crippen molar-refractivity contribution < 1.29 is 9.53 Å². The lowest BCUT2D eigenvalue weighted by Crippen LogP contribution is -2.27. The molecule has 0 aliphatic heterocycles. The number of pyridine rings is 1. The Balaban J connectivity index is 2.09. The van der Waals surface area contributed by atoms with Crippen molar-refractivity contribution in [2.24, 2.45) is 0 Å². The Labute approximate surface area is 122 Å². The van der Waals surface area contributed by atoms with E-state index in [1.807, 2.05) is 0 Å². The summed E-state index contributed by atoms with van der Waals surface area (Å²) in [5, 5.41) is 3.29. The number of halogens is 1. The number of benzene rings is 1. The number of hydrogen-bond donors (Lipinski definition) is 1. The highest BCUT2D eigenvalue weighted by Crippen LogP contribution is 2.23. The van der Waals surface area contributed by atoms with Gasteiger partial charge in [0.15, 0.2) is 0 Å². The van der Waals surface area contributed by atoms with Crippen molar-refractivity contribution in [3.05, 3.63) is 47.6 Å². The van der Waals surface area contributed by atoms with Crippen LogP contribution in [-0.4, -0.2) is 30.0 Å². The molecule has 0 bridgehead atoms. The average Bonchev–Trinajstić information content (AvgIpc) is 2.42. The molecule has 0 atom stereocenters. The number of anilines is 1. The number of ether oxygens (including phenoxy) is 1. The molecular weight excluding hydrogens is 278 g/mol. The zero-order valence-corrected chi connectivity index (χ0v) is 11.9. The molecule has 0 aliphatic carbocycles. The Hall–Kier alpha value is -2.27. The molecule has 2 aromatic rings. The number of urea groups is 1. The average molecular weight is 292 g/mol. The maximum absolute atomic E-state index is 11.6. The van der Waals surface area contributed by atoms with E-state index in [1.54, 1.807) is 50.5 Å². The molecule has 0 radical (unpaired) electrons. The number of nitrogens with one attached hydrogen (secondary N) is 1. The predicted molar refractivity (Wildman–Crippen MR) is 78.5 cm³/mol. The SMILES string of the molecule is CN(C)C(=O)Nc1cccc(Oc2ccc(Cl)cn2)c1. The molecule has 0 saturated carbocycles. The number of rotatable bonds is 3. The monoisotopic (exact) mass is 291 g/mol. The van der Waals surface area contributed by atoms with Crippen LogP contribution in [0.15, 0.2) is 42.6 Å². The van der Waals surface area contributed by atoms with Gasteiger partial charge >= 0.3 is 6.03 Å².